The van der Waals surface area contributed by atoms with E-state index in [0.29, 0.717) is 5.92 Å². The molecular formula is C11H16. The summed E-state index contributed by atoms with van der Waals surface area (Å²) in [6, 6.07) is 0. The van der Waals surface area contributed by atoms with Crippen molar-refractivity contribution < 1.29 is 0 Å². The normalized spacial score (nSPS) is 34.1. The molecule has 0 aromatic carbocycles. The highest BCUT2D eigenvalue weighted by Gasteiger charge is 1.89. The van der Waals surface area contributed by atoms with E-state index in [9.17, 15) is 0 Å². The maximum Gasteiger partial charge on any atom is -0.00788 e. The Morgan fingerprint density at radius 2 is 1.82 bits per heavy atom. The second kappa shape index (κ2) is 4.95. The summed E-state index contributed by atoms with van der Waals surface area (Å²) in [6.45, 7) is 2.21. The molecule has 0 saturated heterocycles. The van der Waals surface area contributed by atoms with Gasteiger partial charge in [0.25, 0.3) is 0 Å². The fraction of sp³-hybridized carbons (Fsp3) is 0.455. The smallest absolute Gasteiger partial charge is 0.00788 e. The molecule has 1 aliphatic rings. The molecule has 0 heteroatoms. The maximum absolute atomic E-state index is 2.29. The van der Waals surface area contributed by atoms with Gasteiger partial charge in [0.15, 0.2) is 0 Å². The lowest BCUT2D eigenvalue weighted by Crippen LogP contribution is -1.82. The molecule has 11 heavy (non-hydrogen) atoms. The standard InChI is InChI=1S/C11H16/c1-11-9-7-5-3-2-4-6-8-10-11/h3,5,7-11H,2,4,6H2,1H3/b5-3-,9-7-,10-8-. The van der Waals surface area contributed by atoms with Gasteiger partial charge < -0.3 is 0 Å². The average molecular weight is 148 g/mol. The van der Waals surface area contributed by atoms with Gasteiger partial charge >= 0.3 is 0 Å². The van der Waals surface area contributed by atoms with Gasteiger partial charge in [-0.1, -0.05) is 43.4 Å². The van der Waals surface area contributed by atoms with Crippen LogP contribution in [0.15, 0.2) is 36.5 Å². The van der Waals surface area contributed by atoms with Gasteiger partial charge in [0.1, 0.15) is 0 Å². The molecule has 0 aromatic heterocycles. The molecule has 1 atom stereocenters. The highest BCUT2D eigenvalue weighted by molar-refractivity contribution is 5.08. The molecule has 0 aromatic rings. The van der Waals surface area contributed by atoms with Crippen LogP contribution in [0.4, 0.5) is 0 Å². The van der Waals surface area contributed by atoms with Crippen molar-refractivity contribution >= 4 is 0 Å². The Labute approximate surface area is 69.3 Å². The first-order valence-corrected chi connectivity index (χ1v) is 4.39. The SMILES string of the molecule is CC1/C=C\C=C/CCC/C=C\1. The molecule has 1 rings (SSSR count). The van der Waals surface area contributed by atoms with Gasteiger partial charge in [-0.25, -0.2) is 0 Å². The summed E-state index contributed by atoms with van der Waals surface area (Å²) in [5, 5.41) is 0. The quantitative estimate of drug-likeness (QED) is 0.461. The van der Waals surface area contributed by atoms with Gasteiger partial charge in [0.05, 0.1) is 0 Å². The van der Waals surface area contributed by atoms with E-state index in [2.05, 4.69) is 43.4 Å². The van der Waals surface area contributed by atoms with Crippen LogP contribution >= 0.6 is 0 Å². The van der Waals surface area contributed by atoms with E-state index in [-0.39, 0.29) is 0 Å². The van der Waals surface area contributed by atoms with E-state index in [1.165, 1.54) is 19.3 Å². The van der Waals surface area contributed by atoms with E-state index >= 15 is 0 Å². The molecule has 0 spiro atoms. The van der Waals surface area contributed by atoms with Crippen molar-refractivity contribution in [3.8, 4) is 0 Å². The zero-order valence-electron chi connectivity index (χ0n) is 7.16. The highest BCUT2D eigenvalue weighted by Crippen LogP contribution is 2.05. The van der Waals surface area contributed by atoms with Crippen LogP contribution in [0.25, 0.3) is 0 Å². The van der Waals surface area contributed by atoms with Crippen LogP contribution in [0, 0.1) is 5.92 Å². The fourth-order valence-electron chi connectivity index (χ4n) is 1.14. The van der Waals surface area contributed by atoms with Crippen LogP contribution in [0.3, 0.4) is 0 Å². The topological polar surface area (TPSA) is 0 Å². The number of hydrogen-bond acceptors (Lipinski definition) is 0. The predicted octanol–water partition coefficient (Wildman–Crippen LogP) is 3.48. The second-order valence-corrected chi connectivity index (χ2v) is 3.03. The monoisotopic (exact) mass is 148 g/mol. The third kappa shape index (κ3) is 3.82. The first-order valence-electron chi connectivity index (χ1n) is 4.39. The van der Waals surface area contributed by atoms with Crippen molar-refractivity contribution in [1.29, 1.82) is 0 Å². The van der Waals surface area contributed by atoms with Crippen LogP contribution in [0.2, 0.25) is 0 Å². The van der Waals surface area contributed by atoms with Gasteiger partial charge in [-0.15, -0.1) is 0 Å². The lowest BCUT2D eigenvalue weighted by molar-refractivity contribution is 0.847. The Balaban J connectivity index is 2.51. The Kier molecular flexibility index (Phi) is 3.74. The van der Waals surface area contributed by atoms with Gasteiger partial charge in [0, 0.05) is 0 Å². The molecule has 0 nitrogen and oxygen atoms in total. The molecule has 1 unspecified atom stereocenters. The van der Waals surface area contributed by atoms with E-state index in [0.717, 1.165) is 0 Å². The van der Waals surface area contributed by atoms with Crippen molar-refractivity contribution in [2.75, 3.05) is 0 Å². The Hall–Kier alpha value is -0.780. The Morgan fingerprint density at radius 1 is 1.00 bits per heavy atom. The number of rotatable bonds is 0. The summed E-state index contributed by atoms with van der Waals surface area (Å²) < 4.78 is 0. The summed E-state index contributed by atoms with van der Waals surface area (Å²) in [7, 11) is 0. The third-order valence-corrected chi connectivity index (χ3v) is 1.84. The number of hydrogen-bond donors (Lipinski definition) is 0. The molecule has 60 valence electrons. The Bertz CT molecular complexity index is 172. The van der Waals surface area contributed by atoms with Gasteiger partial charge in [0.2, 0.25) is 0 Å². The van der Waals surface area contributed by atoms with Crippen LogP contribution in [0.1, 0.15) is 26.2 Å². The number of allylic oxidation sites excluding steroid dienone is 6. The van der Waals surface area contributed by atoms with E-state index < -0.39 is 0 Å². The molecule has 0 radical (unpaired) electrons. The zero-order valence-corrected chi connectivity index (χ0v) is 7.16. The van der Waals surface area contributed by atoms with Gasteiger partial charge in [-0.2, -0.15) is 0 Å². The summed E-state index contributed by atoms with van der Waals surface area (Å²) in [4.78, 5) is 0. The van der Waals surface area contributed by atoms with Crippen LogP contribution in [-0.2, 0) is 0 Å². The molecule has 0 N–H and O–H groups in total. The predicted molar refractivity (Wildman–Crippen MR) is 50.4 cm³/mol. The summed E-state index contributed by atoms with van der Waals surface area (Å²) >= 11 is 0. The molecule has 0 bridgehead atoms. The molecule has 0 aliphatic heterocycles. The summed E-state index contributed by atoms with van der Waals surface area (Å²) in [6.07, 6.45) is 17.0. The average Bonchev–Trinajstić information content (AvgIpc) is 2.03. The van der Waals surface area contributed by atoms with Crippen molar-refractivity contribution in [2.45, 2.75) is 26.2 Å². The van der Waals surface area contributed by atoms with Gasteiger partial charge in [-0.05, 0) is 25.2 Å². The third-order valence-electron chi connectivity index (χ3n) is 1.84. The van der Waals surface area contributed by atoms with Gasteiger partial charge in [-0.3, -0.25) is 0 Å². The molecule has 0 heterocycles. The van der Waals surface area contributed by atoms with E-state index in [1.54, 1.807) is 0 Å². The Morgan fingerprint density at radius 3 is 2.73 bits per heavy atom. The summed E-state index contributed by atoms with van der Waals surface area (Å²) in [5.41, 5.74) is 0. The molecular weight excluding hydrogens is 132 g/mol. The van der Waals surface area contributed by atoms with E-state index in [1.807, 2.05) is 0 Å². The molecule has 0 fully saturated rings. The minimum Gasteiger partial charge on any atom is -0.0879 e. The lowest BCUT2D eigenvalue weighted by atomic mass is 10.1. The fourth-order valence-corrected chi connectivity index (χ4v) is 1.14. The van der Waals surface area contributed by atoms with Crippen molar-refractivity contribution in [3.63, 3.8) is 0 Å². The first kappa shape index (κ1) is 8.32. The lowest BCUT2D eigenvalue weighted by Gasteiger charge is -1.98. The summed E-state index contributed by atoms with van der Waals surface area (Å²) in [5.74, 6) is 0.595. The first-order chi connectivity index (χ1) is 5.39. The minimum atomic E-state index is 0.595. The zero-order chi connectivity index (χ0) is 7.94. The van der Waals surface area contributed by atoms with Crippen LogP contribution < -0.4 is 0 Å². The van der Waals surface area contributed by atoms with E-state index in [4.69, 9.17) is 0 Å². The van der Waals surface area contributed by atoms with Crippen LogP contribution in [-0.4, -0.2) is 0 Å². The van der Waals surface area contributed by atoms with Crippen molar-refractivity contribution in [2.24, 2.45) is 5.92 Å². The molecule has 0 amide bonds. The van der Waals surface area contributed by atoms with Crippen molar-refractivity contribution in [1.82, 2.24) is 0 Å². The molecule has 0 saturated carbocycles. The second-order valence-electron chi connectivity index (χ2n) is 3.03. The maximum atomic E-state index is 2.29. The highest BCUT2D eigenvalue weighted by atomic mass is 13.9. The molecule has 1 aliphatic carbocycles. The largest absolute Gasteiger partial charge is 0.0879 e. The van der Waals surface area contributed by atoms with Crippen molar-refractivity contribution in [3.05, 3.63) is 36.5 Å². The van der Waals surface area contributed by atoms with Crippen LogP contribution in [0.5, 0.6) is 0 Å². The minimum absolute atomic E-state index is 0.595.